The third-order valence-corrected chi connectivity index (χ3v) is 5.29. The highest BCUT2D eigenvalue weighted by molar-refractivity contribution is 5.80. The highest BCUT2D eigenvalue weighted by Crippen LogP contribution is 2.20. The lowest BCUT2D eigenvalue weighted by Crippen LogP contribution is -2.46. The van der Waals surface area contributed by atoms with Gasteiger partial charge in [0.25, 0.3) is 0 Å². The molecule has 0 spiro atoms. The molecule has 2 aromatic heterocycles. The standard InChI is InChI=1S/C21H31N7O/c1-4-23-21(27-10-7-17(8-11-27)13-20(29)22-3)26-15-18-5-6-19(25-14-18)28-12-9-24-16(28)2/h5-6,9,12,14,17H,4,7-8,10-11,13,15H2,1-3H3,(H,22,29)(H,23,26). The molecule has 2 N–H and O–H groups in total. The molecule has 1 aliphatic rings. The molecule has 0 unspecified atom stereocenters. The summed E-state index contributed by atoms with van der Waals surface area (Å²) in [6, 6.07) is 4.06. The summed E-state index contributed by atoms with van der Waals surface area (Å²) in [5, 5.41) is 6.12. The molecule has 1 amide bonds. The topological polar surface area (TPSA) is 87.4 Å². The van der Waals surface area contributed by atoms with Crippen molar-refractivity contribution < 1.29 is 4.79 Å². The quantitative estimate of drug-likeness (QED) is 0.574. The van der Waals surface area contributed by atoms with Crippen molar-refractivity contribution in [2.24, 2.45) is 10.9 Å². The van der Waals surface area contributed by atoms with Gasteiger partial charge in [-0.25, -0.2) is 15.0 Å². The maximum Gasteiger partial charge on any atom is 0.220 e. The van der Waals surface area contributed by atoms with Crippen LogP contribution in [0.25, 0.3) is 5.82 Å². The molecule has 0 radical (unpaired) electrons. The lowest BCUT2D eigenvalue weighted by molar-refractivity contribution is -0.121. The van der Waals surface area contributed by atoms with Crippen molar-refractivity contribution in [2.45, 2.75) is 39.7 Å². The van der Waals surface area contributed by atoms with Crippen molar-refractivity contribution in [3.63, 3.8) is 0 Å². The number of aromatic nitrogens is 3. The zero-order valence-corrected chi connectivity index (χ0v) is 17.6. The average Bonchev–Trinajstić information content (AvgIpc) is 3.18. The summed E-state index contributed by atoms with van der Waals surface area (Å²) in [6.07, 6.45) is 8.20. The number of pyridine rings is 1. The second-order valence-corrected chi connectivity index (χ2v) is 7.35. The molecule has 2 aromatic rings. The van der Waals surface area contributed by atoms with Crippen LogP contribution in [0.2, 0.25) is 0 Å². The first kappa shape index (κ1) is 20.8. The van der Waals surface area contributed by atoms with Gasteiger partial charge in [0.2, 0.25) is 5.91 Å². The average molecular weight is 398 g/mol. The van der Waals surface area contributed by atoms with Crippen LogP contribution in [0.3, 0.4) is 0 Å². The maximum atomic E-state index is 11.6. The van der Waals surface area contributed by atoms with Crippen LogP contribution in [-0.2, 0) is 11.3 Å². The first-order valence-corrected chi connectivity index (χ1v) is 10.3. The number of aryl methyl sites for hydroxylation is 1. The number of nitrogens with zero attached hydrogens (tertiary/aromatic N) is 5. The Morgan fingerprint density at radius 1 is 1.28 bits per heavy atom. The molecular weight excluding hydrogens is 366 g/mol. The smallest absolute Gasteiger partial charge is 0.220 e. The number of nitrogens with one attached hydrogen (secondary N) is 2. The van der Waals surface area contributed by atoms with E-state index in [1.54, 1.807) is 13.2 Å². The molecule has 29 heavy (non-hydrogen) atoms. The van der Waals surface area contributed by atoms with E-state index in [0.717, 1.165) is 55.6 Å². The number of hydrogen-bond donors (Lipinski definition) is 2. The molecule has 0 aliphatic carbocycles. The van der Waals surface area contributed by atoms with E-state index in [1.807, 2.05) is 30.0 Å². The minimum atomic E-state index is 0.130. The van der Waals surface area contributed by atoms with E-state index in [4.69, 9.17) is 4.99 Å². The summed E-state index contributed by atoms with van der Waals surface area (Å²) in [7, 11) is 1.70. The van der Waals surface area contributed by atoms with Crippen molar-refractivity contribution in [2.75, 3.05) is 26.7 Å². The Hall–Kier alpha value is -2.90. The van der Waals surface area contributed by atoms with Gasteiger partial charge in [0.1, 0.15) is 11.6 Å². The third kappa shape index (κ3) is 5.56. The van der Waals surface area contributed by atoms with E-state index in [1.165, 1.54) is 0 Å². The second-order valence-electron chi connectivity index (χ2n) is 7.35. The summed E-state index contributed by atoms with van der Waals surface area (Å²) < 4.78 is 1.96. The molecule has 1 saturated heterocycles. The molecule has 3 heterocycles. The SMILES string of the molecule is CCNC(=NCc1ccc(-n2ccnc2C)nc1)N1CCC(CC(=O)NC)CC1. The van der Waals surface area contributed by atoms with Gasteiger partial charge in [-0.15, -0.1) is 0 Å². The lowest BCUT2D eigenvalue weighted by atomic mass is 9.93. The Morgan fingerprint density at radius 3 is 2.66 bits per heavy atom. The Kier molecular flexibility index (Phi) is 7.21. The van der Waals surface area contributed by atoms with Gasteiger partial charge in [-0.1, -0.05) is 6.07 Å². The number of likely N-dealkylation sites (tertiary alicyclic amines) is 1. The van der Waals surface area contributed by atoms with E-state index in [0.29, 0.717) is 18.9 Å². The molecule has 0 saturated carbocycles. The van der Waals surface area contributed by atoms with Gasteiger partial charge in [-0.2, -0.15) is 0 Å². The van der Waals surface area contributed by atoms with Gasteiger partial charge in [0, 0.05) is 51.7 Å². The van der Waals surface area contributed by atoms with Gasteiger partial charge in [0.15, 0.2) is 5.96 Å². The van der Waals surface area contributed by atoms with Crippen molar-refractivity contribution in [1.29, 1.82) is 0 Å². The maximum absolute atomic E-state index is 11.6. The fourth-order valence-electron chi connectivity index (χ4n) is 3.58. The molecule has 0 atom stereocenters. The van der Waals surface area contributed by atoms with Gasteiger partial charge in [-0.3, -0.25) is 9.36 Å². The van der Waals surface area contributed by atoms with Crippen LogP contribution in [0.1, 0.15) is 37.6 Å². The minimum absolute atomic E-state index is 0.130. The van der Waals surface area contributed by atoms with Crippen LogP contribution in [0, 0.1) is 12.8 Å². The van der Waals surface area contributed by atoms with Crippen LogP contribution in [0.15, 0.2) is 35.7 Å². The second kappa shape index (κ2) is 10.0. The molecule has 0 aromatic carbocycles. The summed E-state index contributed by atoms with van der Waals surface area (Å²) in [4.78, 5) is 27.5. The van der Waals surface area contributed by atoms with E-state index < -0.39 is 0 Å². The zero-order valence-electron chi connectivity index (χ0n) is 17.6. The number of imidazole rings is 1. The van der Waals surface area contributed by atoms with E-state index in [9.17, 15) is 4.79 Å². The molecule has 1 aliphatic heterocycles. The number of carbonyl (C=O) groups is 1. The summed E-state index contributed by atoms with van der Waals surface area (Å²) in [6.45, 7) is 7.29. The monoisotopic (exact) mass is 397 g/mol. The van der Waals surface area contributed by atoms with Crippen molar-refractivity contribution in [3.8, 4) is 5.82 Å². The van der Waals surface area contributed by atoms with Gasteiger partial charge in [-0.05, 0) is 44.2 Å². The fourth-order valence-corrected chi connectivity index (χ4v) is 3.58. The van der Waals surface area contributed by atoms with Crippen LogP contribution in [-0.4, -0.2) is 58.0 Å². The molecule has 1 fully saturated rings. The molecule has 0 bridgehead atoms. The number of piperidine rings is 1. The van der Waals surface area contributed by atoms with Gasteiger partial charge < -0.3 is 15.5 Å². The molecule has 3 rings (SSSR count). The highest BCUT2D eigenvalue weighted by atomic mass is 16.1. The normalized spacial score (nSPS) is 15.4. The Labute approximate surface area is 172 Å². The number of aliphatic imine (C=N–C) groups is 1. The molecule has 8 nitrogen and oxygen atoms in total. The van der Waals surface area contributed by atoms with Crippen molar-refractivity contribution in [1.82, 2.24) is 30.1 Å². The molecular formula is C21H31N7O. The predicted octanol–water partition coefficient (Wildman–Crippen LogP) is 1.89. The Morgan fingerprint density at radius 2 is 2.07 bits per heavy atom. The fraction of sp³-hybridized carbons (Fsp3) is 0.524. The number of hydrogen-bond acceptors (Lipinski definition) is 4. The first-order valence-electron chi connectivity index (χ1n) is 10.3. The predicted molar refractivity (Wildman–Crippen MR) is 114 cm³/mol. The summed E-state index contributed by atoms with van der Waals surface area (Å²) in [5.41, 5.74) is 1.07. The molecule has 156 valence electrons. The minimum Gasteiger partial charge on any atom is -0.359 e. The number of amides is 1. The largest absolute Gasteiger partial charge is 0.359 e. The van der Waals surface area contributed by atoms with Gasteiger partial charge >= 0.3 is 0 Å². The number of rotatable bonds is 6. The van der Waals surface area contributed by atoms with Crippen LogP contribution in [0.4, 0.5) is 0 Å². The van der Waals surface area contributed by atoms with Crippen molar-refractivity contribution >= 4 is 11.9 Å². The third-order valence-electron chi connectivity index (χ3n) is 5.29. The van der Waals surface area contributed by atoms with Crippen LogP contribution < -0.4 is 10.6 Å². The van der Waals surface area contributed by atoms with Crippen LogP contribution >= 0.6 is 0 Å². The molecule has 8 heteroatoms. The summed E-state index contributed by atoms with van der Waals surface area (Å²) in [5.74, 6) is 3.29. The highest BCUT2D eigenvalue weighted by Gasteiger charge is 2.23. The lowest BCUT2D eigenvalue weighted by Gasteiger charge is -2.34. The van der Waals surface area contributed by atoms with Gasteiger partial charge in [0.05, 0.1) is 6.54 Å². The van der Waals surface area contributed by atoms with E-state index in [2.05, 4.69) is 38.5 Å². The Bertz CT molecular complexity index is 820. The summed E-state index contributed by atoms with van der Waals surface area (Å²) >= 11 is 0. The number of carbonyl (C=O) groups excluding carboxylic acids is 1. The zero-order chi connectivity index (χ0) is 20.6. The first-order chi connectivity index (χ1) is 14.1. The van der Waals surface area contributed by atoms with Crippen LogP contribution in [0.5, 0.6) is 0 Å². The Balaban J connectivity index is 1.59. The van der Waals surface area contributed by atoms with E-state index >= 15 is 0 Å². The number of guanidine groups is 1. The van der Waals surface area contributed by atoms with Crippen molar-refractivity contribution in [3.05, 3.63) is 42.1 Å². The van der Waals surface area contributed by atoms with E-state index in [-0.39, 0.29) is 5.91 Å².